The van der Waals surface area contributed by atoms with E-state index in [1.54, 1.807) is 7.11 Å². The van der Waals surface area contributed by atoms with Crippen LogP contribution in [0, 0.1) is 16.7 Å². The molecule has 0 aliphatic carbocycles. The molecule has 5 heteroatoms. The maximum atomic E-state index is 11.8. The summed E-state index contributed by atoms with van der Waals surface area (Å²) < 4.78 is 4.97. The number of hydrogen-bond donors (Lipinski definition) is 1. The quantitative estimate of drug-likeness (QED) is 0.785. The molecule has 1 aliphatic rings. The topological polar surface area (TPSA) is 65.4 Å². The van der Waals surface area contributed by atoms with Gasteiger partial charge in [-0.05, 0) is 26.7 Å². The number of carbonyl (C=O) groups is 1. The van der Waals surface area contributed by atoms with Gasteiger partial charge in [-0.3, -0.25) is 9.69 Å². The number of methoxy groups -OCH3 is 1. The number of hydrogen-bond acceptors (Lipinski definition) is 4. The van der Waals surface area contributed by atoms with E-state index in [4.69, 9.17) is 10.00 Å². The SMILES string of the molecule is COCC(C)NC(=O)CN1CCC(C)(C#N)CC1. The van der Waals surface area contributed by atoms with Gasteiger partial charge in [-0.2, -0.15) is 5.26 Å². The minimum absolute atomic E-state index is 0.0279. The third-order valence-corrected chi connectivity index (χ3v) is 3.42. The van der Waals surface area contributed by atoms with Crippen molar-refractivity contribution in [1.29, 1.82) is 5.26 Å². The summed E-state index contributed by atoms with van der Waals surface area (Å²) in [6.07, 6.45) is 1.68. The van der Waals surface area contributed by atoms with Gasteiger partial charge in [0.2, 0.25) is 5.91 Å². The molecule has 0 radical (unpaired) electrons. The van der Waals surface area contributed by atoms with Crippen molar-refractivity contribution in [2.75, 3.05) is 33.4 Å². The third-order valence-electron chi connectivity index (χ3n) is 3.42. The first-order valence-electron chi connectivity index (χ1n) is 6.41. The summed E-state index contributed by atoms with van der Waals surface area (Å²) in [5.41, 5.74) is -0.212. The molecule has 5 nitrogen and oxygen atoms in total. The highest BCUT2D eigenvalue weighted by molar-refractivity contribution is 5.78. The number of nitrogens with zero attached hydrogens (tertiary/aromatic N) is 2. The maximum absolute atomic E-state index is 11.8. The van der Waals surface area contributed by atoms with E-state index >= 15 is 0 Å². The van der Waals surface area contributed by atoms with Crippen LogP contribution < -0.4 is 5.32 Å². The largest absolute Gasteiger partial charge is 0.383 e. The number of amides is 1. The van der Waals surface area contributed by atoms with Gasteiger partial charge in [0, 0.05) is 26.2 Å². The van der Waals surface area contributed by atoms with Gasteiger partial charge >= 0.3 is 0 Å². The molecule has 0 spiro atoms. The lowest BCUT2D eigenvalue weighted by Gasteiger charge is -2.34. The zero-order valence-electron chi connectivity index (χ0n) is 11.5. The van der Waals surface area contributed by atoms with Crippen LogP contribution in [-0.4, -0.2) is 50.2 Å². The van der Waals surface area contributed by atoms with Crippen molar-refractivity contribution in [2.24, 2.45) is 5.41 Å². The Hall–Kier alpha value is -1.12. The lowest BCUT2D eigenvalue weighted by Crippen LogP contribution is -2.46. The standard InChI is InChI=1S/C13H23N3O2/c1-11(9-18-3)15-12(17)8-16-6-4-13(2,10-14)5-7-16/h11H,4-9H2,1-3H3,(H,15,17). The normalized spacial score (nSPS) is 21.0. The van der Waals surface area contributed by atoms with Gasteiger partial charge in [0.25, 0.3) is 0 Å². The van der Waals surface area contributed by atoms with E-state index in [2.05, 4.69) is 16.3 Å². The van der Waals surface area contributed by atoms with Crippen LogP contribution in [0.15, 0.2) is 0 Å². The number of carbonyl (C=O) groups excluding carboxylic acids is 1. The van der Waals surface area contributed by atoms with Gasteiger partial charge in [-0.25, -0.2) is 0 Å². The summed E-state index contributed by atoms with van der Waals surface area (Å²) in [7, 11) is 1.62. The van der Waals surface area contributed by atoms with E-state index in [-0.39, 0.29) is 17.4 Å². The van der Waals surface area contributed by atoms with Crippen molar-refractivity contribution in [3.05, 3.63) is 0 Å². The van der Waals surface area contributed by atoms with Crippen LogP contribution in [0.3, 0.4) is 0 Å². The number of piperidine rings is 1. The van der Waals surface area contributed by atoms with Crippen molar-refractivity contribution in [1.82, 2.24) is 10.2 Å². The van der Waals surface area contributed by atoms with Crippen LogP contribution in [-0.2, 0) is 9.53 Å². The van der Waals surface area contributed by atoms with Crippen LogP contribution >= 0.6 is 0 Å². The second kappa shape index (κ2) is 6.72. The lowest BCUT2D eigenvalue weighted by atomic mass is 9.82. The lowest BCUT2D eigenvalue weighted by molar-refractivity contribution is -0.123. The predicted octanol–water partition coefficient (Wildman–Crippen LogP) is 0.763. The average Bonchev–Trinajstić information content (AvgIpc) is 2.32. The molecule has 1 heterocycles. The van der Waals surface area contributed by atoms with Crippen molar-refractivity contribution >= 4 is 5.91 Å². The van der Waals surface area contributed by atoms with E-state index in [0.29, 0.717) is 13.2 Å². The molecular weight excluding hydrogens is 230 g/mol. The van der Waals surface area contributed by atoms with Crippen molar-refractivity contribution in [2.45, 2.75) is 32.7 Å². The highest BCUT2D eigenvalue weighted by atomic mass is 16.5. The average molecular weight is 253 g/mol. The first-order valence-corrected chi connectivity index (χ1v) is 6.41. The number of ether oxygens (including phenoxy) is 1. The van der Waals surface area contributed by atoms with E-state index < -0.39 is 0 Å². The van der Waals surface area contributed by atoms with Gasteiger partial charge in [-0.15, -0.1) is 0 Å². The van der Waals surface area contributed by atoms with Crippen LogP contribution in [0.2, 0.25) is 0 Å². The summed E-state index contributed by atoms with van der Waals surface area (Å²) >= 11 is 0. The number of likely N-dealkylation sites (tertiary alicyclic amines) is 1. The fraction of sp³-hybridized carbons (Fsp3) is 0.846. The molecule has 1 N–H and O–H groups in total. The molecule has 0 saturated carbocycles. The molecule has 0 aromatic rings. The fourth-order valence-electron chi connectivity index (χ4n) is 2.13. The van der Waals surface area contributed by atoms with Gasteiger partial charge in [0.15, 0.2) is 0 Å². The Balaban J connectivity index is 2.29. The molecule has 1 fully saturated rings. The molecule has 0 aromatic carbocycles. The number of nitriles is 1. The molecule has 1 rings (SSSR count). The highest BCUT2D eigenvalue weighted by Crippen LogP contribution is 2.29. The maximum Gasteiger partial charge on any atom is 0.234 e. The molecule has 18 heavy (non-hydrogen) atoms. The second-order valence-electron chi connectivity index (χ2n) is 5.37. The Morgan fingerprint density at radius 3 is 2.67 bits per heavy atom. The highest BCUT2D eigenvalue weighted by Gasteiger charge is 2.30. The van der Waals surface area contributed by atoms with Crippen molar-refractivity contribution in [3.8, 4) is 6.07 Å². The minimum Gasteiger partial charge on any atom is -0.383 e. The molecule has 0 aromatic heterocycles. The molecule has 1 unspecified atom stereocenters. The van der Waals surface area contributed by atoms with E-state index in [1.807, 2.05) is 13.8 Å². The fourth-order valence-corrected chi connectivity index (χ4v) is 2.13. The molecule has 1 saturated heterocycles. The zero-order chi connectivity index (χ0) is 13.6. The molecule has 1 atom stereocenters. The molecular formula is C13H23N3O2. The Bertz CT molecular complexity index is 317. The van der Waals surface area contributed by atoms with Gasteiger partial charge in [0.1, 0.15) is 0 Å². The first-order chi connectivity index (χ1) is 8.49. The Labute approximate surface area is 109 Å². The van der Waals surface area contributed by atoms with Crippen molar-refractivity contribution < 1.29 is 9.53 Å². The summed E-state index contributed by atoms with van der Waals surface area (Å²) in [5, 5.41) is 11.9. The molecule has 1 amide bonds. The van der Waals surface area contributed by atoms with E-state index in [1.165, 1.54) is 0 Å². The zero-order valence-corrected chi connectivity index (χ0v) is 11.5. The van der Waals surface area contributed by atoms with Crippen LogP contribution in [0.25, 0.3) is 0 Å². The third kappa shape index (κ3) is 4.63. The summed E-state index contributed by atoms with van der Waals surface area (Å²) in [6.45, 7) is 6.48. The van der Waals surface area contributed by atoms with Gasteiger partial charge in [0.05, 0.1) is 24.6 Å². The Morgan fingerprint density at radius 1 is 1.56 bits per heavy atom. The Morgan fingerprint density at radius 2 is 2.17 bits per heavy atom. The summed E-state index contributed by atoms with van der Waals surface area (Å²) in [6, 6.07) is 2.40. The van der Waals surface area contributed by atoms with E-state index in [0.717, 1.165) is 25.9 Å². The van der Waals surface area contributed by atoms with Gasteiger partial charge < -0.3 is 10.1 Å². The molecule has 1 aliphatic heterocycles. The van der Waals surface area contributed by atoms with Crippen LogP contribution in [0.5, 0.6) is 0 Å². The Kier molecular flexibility index (Phi) is 5.57. The monoisotopic (exact) mass is 253 g/mol. The van der Waals surface area contributed by atoms with Crippen molar-refractivity contribution in [3.63, 3.8) is 0 Å². The molecule has 102 valence electrons. The minimum atomic E-state index is -0.212. The first kappa shape index (κ1) is 14.9. The van der Waals surface area contributed by atoms with Crippen LogP contribution in [0.4, 0.5) is 0 Å². The van der Waals surface area contributed by atoms with E-state index in [9.17, 15) is 4.79 Å². The molecule has 0 bridgehead atoms. The van der Waals surface area contributed by atoms with Crippen LogP contribution in [0.1, 0.15) is 26.7 Å². The van der Waals surface area contributed by atoms with Gasteiger partial charge in [-0.1, -0.05) is 0 Å². The summed E-state index contributed by atoms with van der Waals surface area (Å²) in [4.78, 5) is 13.9. The number of nitrogens with one attached hydrogen (secondary N) is 1. The summed E-state index contributed by atoms with van der Waals surface area (Å²) in [5.74, 6) is 0.0279. The smallest absolute Gasteiger partial charge is 0.234 e. The predicted molar refractivity (Wildman–Crippen MR) is 68.9 cm³/mol. The number of rotatable bonds is 5. The second-order valence-corrected chi connectivity index (χ2v) is 5.37.